The van der Waals surface area contributed by atoms with Gasteiger partial charge in [-0.2, -0.15) is 0 Å². The number of benzene rings is 3. The predicted octanol–water partition coefficient (Wildman–Crippen LogP) is 3.78. The van der Waals surface area contributed by atoms with Gasteiger partial charge in [-0.05, 0) is 29.7 Å². The third-order valence-electron chi connectivity index (χ3n) is 3.14. The lowest BCUT2D eigenvalue weighted by Gasteiger charge is -2.10. The first-order valence-corrected chi connectivity index (χ1v) is 7.81. The zero-order chi connectivity index (χ0) is 14.9. The van der Waals surface area contributed by atoms with Crippen molar-refractivity contribution in [2.75, 3.05) is 4.72 Å². The van der Waals surface area contributed by atoms with E-state index in [0.717, 1.165) is 16.8 Å². The molecule has 3 aromatic carbocycles. The van der Waals surface area contributed by atoms with Crippen LogP contribution < -0.4 is 4.72 Å². The van der Waals surface area contributed by atoms with Gasteiger partial charge in [0.1, 0.15) is 5.82 Å². The van der Waals surface area contributed by atoms with E-state index in [1.165, 1.54) is 18.2 Å². The topological polar surface area (TPSA) is 46.2 Å². The third kappa shape index (κ3) is 2.73. The highest BCUT2D eigenvalue weighted by Gasteiger charge is 2.15. The fourth-order valence-electron chi connectivity index (χ4n) is 2.15. The van der Waals surface area contributed by atoms with E-state index in [0.29, 0.717) is 5.69 Å². The number of rotatable bonds is 3. The molecule has 0 spiro atoms. The minimum atomic E-state index is -3.82. The van der Waals surface area contributed by atoms with Gasteiger partial charge in [0.2, 0.25) is 0 Å². The molecule has 0 saturated carbocycles. The summed E-state index contributed by atoms with van der Waals surface area (Å²) in [5.41, 5.74) is 0.470. The molecule has 0 aliphatic carbocycles. The molecule has 0 aromatic heterocycles. The summed E-state index contributed by atoms with van der Waals surface area (Å²) >= 11 is 0. The minimum Gasteiger partial charge on any atom is -0.279 e. The van der Waals surface area contributed by atoms with Gasteiger partial charge in [-0.1, -0.05) is 42.5 Å². The Hall–Kier alpha value is -2.40. The van der Waals surface area contributed by atoms with Gasteiger partial charge in [0.05, 0.1) is 10.6 Å². The molecule has 0 amide bonds. The monoisotopic (exact) mass is 301 g/mol. The van der Waals surface area contributed by atoms with Crippen LogP contribution >= 0.6 is 0 Å². The van der Waals surface area contributed by atoms with Gasteiger partial charge in [0.25, 0.3) is 10.0 Å². The molecule has 0 aliphatic rings. The van der Waals surface area contributed by atoms with Crippen LogP contribution in [-0.2, 0) is 10.0 Å². The van der Waals surface area contributed by atoms with E-state index in [9.17, 15) is 12.8 Å². The molecule has 106 valence electrons. The van der Waals surface area contributed by atoms with Crippen molar-refractivity contribution in [3.63, 3.8) is 0 Å². The Bertz CT molecular complexity index is 902. The highest BCUT2D eigenvalue weighted by atomic mass is 32.2. The Morgan fingerprint density at radius 1 is 0.857 bits per heavy atom. The van der Waals surface area contributed by atoms with Crippen LogP contribution in [0.5, 0.6) is 0 Å². The maximum absolute atomic E-state index is 13.2. The highest BCUT2D eigenvalue weighted by Crippen LogP contribution is 2.25. The Labute approximate surface area is 122 Å². The second-order valence-corrected chi connectivity index (χ2v) is 6.27. The van der Waals surface area contributed by atoms with Crippen LogP contribution in [0.3, 0.4) is 0 Å². The SMILES string of the molecule is O=S(=O)(Nc1cccc2ccccc12)c1cccc(F)c1. The normalized spacial score (nSPS) is 11.5. The molecule has 0 heterocycles. The van der Waals surface area contributed by atoms with Gasteiger partial charge >= 0.3 is 0 Å². The highest BCUT2D eigenvalue weighted by molar-refractivity contribution is 7.92. The van der Waals surface area contributed by atoms with Gasteiger partial charge in [0.15, 0.2) is 0 Å². The summed E-state index contributed by atoms with van der Waals surface area (Å²) in [4.78, 5) is -0.101. The van der Waals surface area contributed by atoms with Crippen LogP contribution in [0.1, 0.15) is 0 Å². The molecule has 0 bridgehead atoms. The smallest absolute Gasteiger partial charge is 0.262 e. The number of fused-ring (bicyclic) bond motifs is 1. The predicted molar refractivity (Wildman–Crippen MR) is 81.2 cm³/mol. The largest absolute Gasteiger partial charge is 0.279 e. The Balaban J connectivity index is 2.06. The van der Waals surface area contributed by atoms with Crippen molar-refractivity contribution >= 4 is 26.5 Å². The summed E-state index contributed by atoms with van der Waals surface area (Å²) in [6.45, 7) is 0. The molecule has 3 rings (SSSR count). The molecule has 21 heavy (non-hydrogen) atoms. The summed E-state index contributed by atoms with van der Waals surface area (Å²) < 4.78 is 40.3. The Morgan fingerprint density at radius 2 is 1.57 bits per heavy atom. The minimum absolute atomic E-state index is 0.101. The molecule has 1 N–H and O–H groups in total. The van der Waals surface area contributed by atoms with Crippen molar-refractivity contribution < 1.29 is 12.8 Å². The quantitative estimate of drug-likeness (QED) is 0.800. The molecule has 0 saturated heterocycles. The summed E-state index contributed by atoms with van der Waals surface area (Å²) in [5.74, 6) is -0.587. The molecule has 0 fully saturated rings. The molecule has 0 atom stereocenters. The van der Waals surface area contributed by atoms with Crippen LogP contribution in [0.25, 0.3) is 10.8 Å². The lowest BCUT2D eigenvalue weighted by molar-refractivity contribution is 0.595. The molecule has 0 radical (unpaired) electrons. The second-order valence-electron chi connectivity index (χ2n) is 4.59. The van der Waals surface area contributed by atoms with Crippen LogP contribution in [0.4, 0.5) is 10.1 Å². The number of anilines is 1. The average Bonchev–Trinajstić information content (AvgIpc) is 2.47. The average molecular weight is 301 g/mol. The third-order valence-corrected chi connectivity index (χ3v) is 4.50. The van der Waals surface area contributed by atoms with Gasteiger partial charge in [0, 0.05) is 5.39 Å². The van der Waals surface area contributed by atoms with Crippen molar-refractivity contribution in [3.05, 3.63) is 72.5 Å². The number of halogens is 1. The van der Waals surface area contributed by atoms with E-state index in [1.54, 1.807) is 12.1 Å². The summed E-state index contributed by atoms with van der Waals surface area (Å²) in [5, 5.41) is 1.72. The maximum atomic E-state index is 13.2. The number of hydrogen-bond acceptors (Lipinski definition) is 2. The first kappa shape index (κ1) is 13.6. The Kier molecular flexibility index (Phi) is 3.35. The van der Waals surface area contributed by atoms with E-state index >= 15 is 0 Å². The number of hydrogen-bond donors (Lipinski definition) is 1. The molecular formula is C16H12FNO2S. The zero-order valence-corrected chi connectivity index (χ0v) is 11.8. The van der Waals surface area contributed by atoms with Gasteiger partial charge in [-0.15, -0.1) is 0 Å². The van der Waals surface area contributed by atoms with Crippen molar-refractivity contribution in [2.24, 2.45) is 0 Å². The molecule has 5 heteroatoms. The molecule has 3 aromatic rings. The Morgan fingerprint density at radius 3 is 2.38 bits per heavy atom. The van der Waals surface area contributed by atoms with Crippen LogP contribution in [0.2, 0.25) is 0 Å². The van der Waals surface area contributed by atoms with Crippen molar-refractivity contribution in [3.8, 4) is 0 Å². The van der Waals surface area contributed by atoms with Crippen LogP contribution in [0, 0.1) is 5.82 Å². The van der Waals surface area contributed by atoms with Crippen molar-refractivity contribution in [1.82, 2.24) is 0 Å². The summed E-state index contributed by atoms with van der Waals surface area (Å²) in [6.07, 6.45) is 0. The van der Waals surface area contributed by atoms with Gasteiger partial charge < -0.3 is 0 Å². The fourth-order valence-corrected chi connectivity index (χ4v) is 3.26. The van der Waals surface area contributed by atoms with Crippen LogP contribution in [0.15, 0.2) is 71.6 Å². The second kappa shape index (κ2) is 5.18. The standard InChI is InChI=1S/C16H12FNO2S/c17-13-7-4-8-14(11-13)21(19,20)18-16-10-3-6-12-5-1-2-9-15(12)16/h1-11,18H. The van der Waals surface area contributed by atoms with Crippen LogP contribution in [-0.4, -0.2) is 8.42 Å². The first-order chi connectivity index (χ1) is 10.1. The van der Waals surface area contributed by atoms with E-state index in [-0.39, 0.29) is 4.90 Å². The van der Waals surface area contributed by atoms with Gasteiger partial charge in [-0.3, -0.25) is 4.72 Å². The molecule has 3 nitrogen and oxygen atoms in total. The fraction of sp³-hybridized carbons (Fsp3) is 0. The maximum Gasteiger partial charge on any atom is 0.262 e. The lowest BCUT2D eigenvalue weighted by atomic mass is 10.1. The van der Waals surface area contributed by atoms with Gasteiger partial charge in [-0.25, -0.2) is 12.8 Å². The molecule has 0 aliphatic heterocycles. The van der Waals surface area contributed by atoms with E-state index < -0.39 is 15.8 Å². The lowest BCUT2D eigenvalue weighted by Crippen LogP contribution is -2.13. The number of nitrogens with one attached hydrogen (secondary N) is 1. The van der Waals surface area contributed by atoms with E-state index in [1.807, 2.05) is 30.3 Å². The summed E-state index contributed by atoms with van der Waals surface area (Å²) in [6, 6.07) is 17.7. The zero-order valence-electron chi connectivity index (χ0n) is 11.0. The molecular weight excluding hydrogens is 289 g/mol. The summed E-state index contributed by atoms with van der Waals surface area (Å²) in [7, 11) is -3.82. The van der Waals surface area contributed by atoms with Crippen molar-refractivity contribution in [2.45, 2.75) is 4.90 Å². The van der Waals surface area contributed by atoms with E-state index in [2.05, 4.69) is 4.72 Å². The number of sulfonamides is 1. The van der Waals surface area contributed by atoms with E-state index in [4.69, 9.17) is 0 Å². The first-order valence-electron chi connectivity index (χ1n) is 6.32. The van der Waals surface area contributed by atoms with Crippen molar-refractivity contribution in [1.29, 1.82) is 0 Å². The molecule has 0 unspecified atom stereocenters.